The second-order valence-corrected chi connectivity index (χ2v) is 6.69. The van der Waals surface area contributed by atoms with E-state index in [-0.39, 0.29) is 17.9 Å². The third kappa shape index (κ3) is 4.95. The highest BCUT2D eigenvalue weighted by Gasteiger charge is 2.27. The molecule has 136 valence electrons. The molecule has 1 fully saturated rings. The van der Waals surface area contributed by atoms with Crippen molar-refractivity contribution in [3.05, 3.63) is 59.2 Å². The molecule has 0 atom stereocenters. The predicted octanol–water partition coefficient (Wildman–Crippen LogP) is 3.30. The normalized spacial score (nSPS) is 14.7. The zero-order chi connectivity index (χ0) is 18.4. The van der Waals surface area contributed by atoms with Gasteiger partial charge in [0.05, 0.1) is 5.02 Å². The van der Waals surface area contributed by atoms with E-state index in [1.807, 2.05) is 30.3 Å². The summed E-state index contributed by atoms with van der Waals surface area (Å²) in [4.78, 5) is 30.4. The standard InChI is InChI=1S/C19H21ClN4O2/c20-16-6-7-17(21-13-16)23-18(25)15-8-10-24(11-9-15)19(26)22-12-14-4-2-1-3-5-14/h1-7,13,15H,8-12H2,(H,22,26)(H,21,23,25). The van der Waals surface area contributed by atoms with Crippen LogP contribution in [0.25, 0.3) is 0 Å². The van der Waals surface area contributed by atoms with Crippen LogP contribution in [0.2, 0.25) is 5.02 Å². The van der Waals surface area contributed by atoms with Gasteiger partial charge in [0.1, 0.15) is 5.82 Å². The predicted molar refractivity (Wildman–Crippen MR) is 101 cm³/mol. The van der Waals surface area contributed by atoms with Crippen LogP contribution < -0.4 is 10.6 Å². The third-order valence-electron chi connectivity index (χ3n) is 4.42. The zero-order valence-corrected chi connectivity index (χ0v) is 15.1. The van der Waals surface area contributed by atoms with Gasteiger partial charge in [0.25, 0.3) is 0 Å². The number of halogens is 1. The Bertz CT molecular complexity index is 744. The van der Waals surface area contributed by atoms with Crippen molar-refractivity contribution in [3.63, 3.8) is 0 Å². The topological polar surface area (TPSA) is 74.3 Å². The highest BCUT2D eigenvalue weighted by molar-refractivity contribution is 6.30. The van der Waals surface area contributed by atoms with Gasteiger partial charge in [-0.3, -0.25) is 4.79 Å². The van der Waals surface area contributed by atoms with Crippen LogP contribution in [0, 0.1) is 5.92 Å². The summed E-state index contributed by atoms with van der Waals surface area (Å²) in [6.07, 6.45) is 2.77. The third-order valence-corrected chi connectivity index (χ3v) is 4.64. The summed E-state index contributed by atoms with van der Waals surface area (Å²) in [6, 6.07) is 13.1. The SMILES string of the molecule is O=C(Nc1ccc(Cl)cn1)C1CCN(C(=O)NCc2ccccc2)CC1. The fraction of sp³-hybridized carbons (Fsp3) is 0.316. The van der Waals surface area contributed by atoms with Gasteiger partial charge >= 0.3 is 6.03 Å². The van der Waals surface area contributed by atoms with Crippen molar-refractivity contribution >= 4 is 29.4 Å². The number of hydrogen-bond acceptors (Lipinski definition) is 3. The monoisotopic (exact) mass is 372 g/mol. The summed E-state index contributed by atoms with van der Waals surface area (Å²) < 4.78 is 0. The average Bonchev–Trinajstić information content (AvgIpc) is 2.69. The Balaban J connectivity index is 1.43. The van der Waals surface area contributed by atoms with Gasteiger partial charge in [-0.2, -0.15) is 0 Å². The molecule has 6 nitrogen and oxygen atoms in total. The number of nitrogens with one attached hydrogen (secondary N) is 2. The van der Waals surface area contributed by atoms with Crippen LogP contribution in [-0.4, -0.2) is 34.9 Å². The second kappa shape index (κ2) is 8.67. The summed E-state index contributed by atoms with van der Waals surface area (Å²) in [5, 5.41) is 6.25. The molecule has 1 aliphatic heterocycles. The Kier molecular flexibility index (Phi) is 6.07. The van der Waals surface area contributed by atoms with E-state index in [2.05, 4.69) is 15.6 Å². The van der Waals surface area contributed by atoms with Gasteiger partial charge in [-0.05, 0) is 30.5 Å². The molecule has 0 radical (unpaired) electrons. The van der Waals surface area contributed by atoms with Crippen LogP contribution in [-0.2, 0) is 11.3 Å². The number of hydrogen-bond donors (Lipinski definition) is 2. The highest BCUT2D eigenvalue weighted by atomic mass is 35.5. The molecule has 2 N–H and O–H groups in total. The van der Waals surface area contributed by atoms with Crippen molar-refractivity contribution in [2.75, 3.05) is 18.4 Å². The number of rotatable bonds is 4. The maximum absolute atomic E-state index is 12.3. The zero-order valence-electron chi connectivity index (χ0n) is 14.3. The first-order valence-electron chi connectivity index (χ1n) is 8.61. The molecule has 2 heterocycles. The molecular formula is C19H21ClN4O2. The molecule has 0 aliphatic carbocycles. The summed E-state index contributed by atoms with van der Waals surface area (Å²) in [5.74, 6) is 0.303. The average molecular weight is 373 g/mol. The second-order valence-electron chi connectivity index (χ2n) is 6.26. The molecular weight excluding hydrogens is 352 g/mol. The minimum Gasteiger partial charge on any atom is -0.334 e. The van der Waals surface area contributed by atoms with Gasteiger partial charge in [0, 0.05) is 31.7 Å². The Labute approximate surface area is 157 Å². The molecule has 1 saturated heterocycles. The molecule has 0 unspecified atom stereocenters. The fourth-order valence-electron chi connectivity index (χ4n) is 2.91. The number of urea groups is 1. The lowest BCUT2D eigenvalue weighted by molar-refractivity contribution is -0.121. The van der Waals surface area contributed by atoms with E-state index in [9.17, 15) is 9.59 Å². The number of carbonyl (C=O) groups is 2. The molecule has 1 aromatic heterocycles. The molecule has 3 rings (SSSR count). The van der Waals surface area contributed by atoms with Crippen molar-refractivity contribution in [1.29, 1.82) is 0 Å². The van der Waals surface area contributed by atoms with E-state index >= 15 is 0 Å². The maximum atomic E-state index is 12.3. The number of pyridine rings is 1. The van der Waals surface area contributed by atoms with Crippen LogP contribution in [0.1, 0.15) is 18.4 Å². The van der Waals surface area contributed by atoms with Crippen LogP contribution in [0.4, 0.5) is 10.6 Å². The largest absolute Gasteiger partial charge is 0.334 e. The van der Waals surface area contributed by atoms with E-state index in [0.717, 1.165) is 5.56 Å². The van der Waals surface area contributed by atoms with Crippen LogP contribution in [0.3, 0.4) is 0 Å². The molecule has 7 heteroatoms. The van der Waals surface area contributed by atoms with Crippen molar-refractivity contribution in [3.8, 4) is 0 Å². The quantitative estimate of drug-likeness (QED) is 0.864. The van der Waals surface area contributed by atoms with Gasteiger partial charge in [0.2, 0.25) is 5.91 Å². The first kappa shape index (κ1) is 18.2. The number of amides is 3. The summed E-state index contributed by atoms with van der Waals surface area (Å²) in [6.45, 7) is 1.63. The number of piperidine rings is 1. The van der Waals surface area contributed by atoms with E-state index in [1.54, 1.807) is 17.0 Å². The molecule has 0 saturated carbocycles. The summed E-state index contributed by atoms with van der Waals surface area (Å²) >= 11 is 5.79. The van der Waals surface area contributed by atoms with Gasteiger partial charge < -0.3 is 15.5 Å². The van der Waals surface area contributed by atoms with Gasteiger partial charge in [-0.1, -0.05) is 41.9 Å². The number of benzene rings is 1. The Morgan fingerprint density at radius 3 is 2.50 bits per heavy atom. The lowest BCUT2D eigenvalue weighted by Crippen LogP contribution is -2.45. The Morgan fingerprint density at radius 1 is 1.12 bits per heavy atom. The minimum atomic E-state index is -0.120. The highest BCUT2D eigenvalue weighted by Crippen LogP contribution is 2.19. The number of aromatic nitrogens is 1. The van der Waals surface area contributed by atoms with Gasteiger partial charge in [0.15, 0.2) is 0 Å². The first-order chi connectivity index (χ1) is 12.6. The fourth-order valence-corrected chi connectivity index (χ4v) is 3.02. The smallest absolute Gasteiger partial charge is 0.317 e. The molecule has 3 amide bonds. The number of likely N-dealkylation sites (tertiary alicyclic amines) is 1. The van der Waals surface area contributed by atoms with Crippen molar-refractivity contribution < 1.29 is 9.59 Å². The molecule has 2 aromatic rings. The van der Waals surface area contributed by atoms with Gasteiger partial charge in [-0.15, -0.1) is 0 Å². The summed E-state index contributed by atoms with van der Waals surface area (Å²) in [5.41, 5.74) is 1.06. The number of nitrogens with zero attached hydrogens (tertiary/aromatic N) is 2. The lowest BCUT2D eigenvalue weighted by Gasteiger charge is -2.31. The molecule has 1 aliphatic rings. The summed E-state index contributed by atoms with van der Waals surface area (Å²) in [7, 11) is 0. The van der Waals surface area contributed by atoms with E-state index < -0.39 is 0 Å². The molecule has 0 bridgehead atoms. The van der Waals surface area contributed by atoms with Crippen molar-refractivity contribution in [2.45, 2.75) is 19.4 Å². The van der Waals surface area contributed by atoms with Crippen LogP contribution in [0.15, 0.2) is 48.7 Å². The molecule has 0 spiro atoms. The number of anilines is 1. The van der Waals surface area contributed by atoms with Crippen LogP contribution >= 0.6 is 11.6 Å². The van der Waals surface area contributed by atoms with E-state index in [1.165, 1.54) is 6.20 Å². The van der Waals surface area contributed by atoms with Crippen molar-refractivity contribution in [2.24, 2.45) is 5.92 Å². The van der Waals surface area contributed by atoms with Crippen LogP contribution in [0.5, 0.6) is 0 Å². The lowest BCUT2D eigenvalue weighted by atomic mass is 9.96. The van der Waals surface area contributed by atoms with E-state index in [0.29, 0.717) is 43.3 Å². The van der Waals surface area contributed by atoms with E-state index in [4.69, 9.17) is 11.6 Å². The molecule has 26 heavy (non-hydrogen) atoms. The minimum absolute atomic E-state index is 0.0656. The van der Waals surface area contributed by atoms with Gasteiger partial charge in [-0.25, -0.2) is 9.78 Å². The Morgan fingerprint density at radius 2 is 1.85 bits per heavy atom. The number of carbonyl (C=O) groups excluding carboxylic acids is 2. The van der Waals surface area contributed by atoms with Crippen molar-refractivity contribution in [1.82, 2.24) is 15.2 Å². The maximum Gasteiger partial charge on any atom is 0.317 e. The Hall–Kier alpha value is -2.60. The molecule has 1 aromatic carbocycles. The first-order valence-corrected chi connectivity index (χ1v) is 8.99.